The summed E-state index contributed by atoms with van der Waals surface area (Å²) >= 11 is 1.36. The second kappa shape index (κ2) is 5.97. The van der Waals surface area contributed by atoms with Crippen molar-refractivity contribution in [2.75, 3.05) is 12.3 Å². The van der Waals surface area contributed by atoms with E-state index in [1.54, 1.807) is 12.4 Å². The fourth-order valence-electron chi connectivity index (χ4n) is 3.03. The lowest BCUT2D eigenvalue weighted by Crippen LogP contribution is -2.43. The Kier molecular flexibility index (Phi) is 4.05. The molecule has 112 valence electrons. The van der Waals surface area contributed by atoms with Crippen molar-refractivity contribution in [1.29, 1.82) is 0 Å². The highest BCUT2D eigenvalue weighted by Crippen LogP contribution is 2.33. The molecule has 1 fully saturated rings. The Hall–Kier alpha value is -1.69. The van der Waals surface area contributed by atoms with Gasteiger partial charge in [-0.25, -0.2) is 9.97 Å². The molecule has 5 nitrogen and oxygen atoms in total. The fraction of sp³-hybridized carbons (Fsp3) is 0.533. The number of nitrogens with two attached hydrogens (primary N) is 1. The number of hydrogen-bond acceptors (Lipinski definition) is 5. The molecule has 0 spiro atoms. The Morgan fingerprint density at radius 1 is 1.43 bits per heavy atom. The average molecular weight is 304 g/mol. The van der Waals surface area contributed by atoms with E-state index in [1.807, 2.05) is 4.90 Å². The lowest BCUT2D eigenvalue weighted by Gasteiger charge is -2.35. The van der Waals surface area contributed by atoms with Gasteiger partial charge in [0.1, 0.15) is 15.2 Å². The van der Waals surface area contributed by atoms with E-state index in [4.69, 9.17) is 5.73 Å². The van der Waals surface area contributed by atoms with E-state index in [9.17, 15) is 4.79 Å². The highest BCUT2D eigenvalue weighted by atomic mass is 32.1. The van der Waals surface area contributed by atoms with E-state index in [1.165, 1.54) is 17.8 Å². The van der Waals surface area contributed by atoms with Crippen LogP contribution in [0.3, 0.4) is 0 Å². The number of amides is 1. The van der Waals surface area contributed by atoms with Crippen molar-refractivity contribution >= 4 is 33.3 Å². The first kappa shape index (κ1) is 14.3. The number of piperidine rings is 1. The number of nitrogen functional groups attached to an aromatic ring is 1. The molecule has 2 aromatic heterocycles. The number of nitrogens with zero attached hydrogens (tertiary/aromatic N) is 3. The van der Waals surface area contributed by atoms with Crippen molar-refractivity contribution in [2.24, 2.45) is 0 Å². The van der Waals surface area contributed by atoms with Crippen LogP contribution in [0, 0.1) is 0 Å². The van der Waals surface area contributed by atoms with Gasteiger partial charge in [-0.05, 0) is 25.7 Å². The summed E-state index contributed by atoms with van der Waals surface area (Å²) in [7, 11) is 0. The molecule has 1 aliphatic heterocycles. The molecule has 0 bridgehead atoms. The lowest BCUT2D eigenvalue weighted by molar-refractivity contribution is 0.0607. The molecule has 3 heterocycles. The minimum atomic E-state index is 0.0513. The molecular weight excluding hydrogens is 284 g/mol. The molecule has 1 atom stereocenters. The average Bonchev–Trinajstić information content (AvgIpc) is 2.85. The maximum atomic E-state index is 12.9. The van der Waals surface area contributed by atoms with E-state index in [0.29, 0.717) is 22.1 Å². The number of carbonyl (C=O) groups is 1. The SMILES string of the molecule is CCCC1CCCCN1C(=O)c1sc2nccnc2c1N. The van der Waals surface area contributed by atoms with Crippen LogP contribution < -0.4 is 5.73 Å². The van der Waals surface area contributed by atoms with Crippen LogP contribution in [0.25, 0.3) is 10.3 Å². The summed E-state index contributed by atoms with van der Waals surface area (Å²) in [5.41, 5.74) is 7.25. The first-order chi connectivity index (χ1) is 10.2. The van der Waals surface area contributed by atoms with Crippen LogP contribution in [0.2, 0.25) is 0 Å². The van der Waals surface area contributed by atoms with Crippen molar-refractivity contribution in [3.63, 3.8) is 0 Å². The number of anilines is 1. The summed E-state index contributed by atoms with van der Waals surface area (Å²) < 4.78 is 0. The Morgan fingerprint density at radius 3 is 3.00 bits per heavy atom. The fourth-order valence-corrected chi connectivity index (χ4v) is 4.01. The van der Waals surface area contributed by atoms with Crippen LogP contribution in [-0.2, 0) is 0 Å². The predicted molar refractivity (Wildman–Crippen MR) is 85.4 cm³/mol. The first-order valence-corrected chi connectivity index (χ1v) is 8.34. The maximum Gasteiger partial charge on any atom is 0.266 e. The molecule has 0 aromatic carbocycles. The number of likely N-dealkylation sites (tertiary alicyclic amines) is 1. The van der Waals surface area contributed by atoms with Gasteiger partial charge in [-0.1, -0.05) is 13.3 Å². The summed E-state index contributed by atoms with van der Waals surface area (Å²) in [6, 6.07) is 0.349. The number of hydrogen-bond donors (Lipinski definition) is 1. The highest BCUT2D eigenvalue weighted by Gasteiger charge is 2.29. The topological polar surface area (TPSA) is 72.1 Å². The Labute approximate surface area is 128 Å². The van der Waals surface area contributed by atoms with Crippen molar-refractivity contribution in [1.82, 2.24) is 14.9 Å². The minimum Gasteiger partial charge on any atom is -0.396 e. The van der Waals surface area contributed by atoms with E-state index in [0.717, 1.165) is 37.1 Å². The van der Waals surface area contributed by atoms with Gasteiger partial charge in [-0.2, -0.15) is 0 Å². The minimum absolute atomic E-state index is 0.0513. The molecule has 0 radical (unpaired) electrons. The molecule has 2 N–H and O–H groups in total. The third-order valence-corrected chi connectivity index (χ3v) is 5.16. The van der Waals surface area contributed by atoms with Crippen LogP contribution in [0.5, 0.6) is 0 Å². The summed E-state index contributed by atoms with van der Waals surface area (Å²) in [4.78, 5) is 24.7. The maximum absolute atomic E-state index is 12.9. The van der Waals surface area contributed by atoms with Crippen LogP contribution in [0.1, 0.15) is 48.7 Å². The van der Waals surface area contributed by atoms with Crippen LogP contribution in [0.15, 0.2) is 12.4 Å². The summed E-state index contributed by atoms with van der Waals surface area (Å²) in [5, 5.41) is 0. The molecule has 1 saturated heterocycles. The molecule has 0 saturated carbocycles. The quantitative estimate of drug-likeness (QED) is 0.946. The molecular formula is C15H20N4OS. The van der Waals surface area contributed by atoms with Crippen molar-refractivity contribution in [2.45, 2.75) is 45.1 Å². The molecule has 1 amide bonds. The summed E-state index contributed by atoms with van der Waals surface area (Å²) in [6.07, 6.45) is 8.79. The zero-order valence-corrected chi connectivity index (χ0v) is 13.0. The normalized spacial score (nSPS) is 19.1. The molecule has 6 heteroatoms. The third-order valence-electron chi connectivity index (χ3n) is 4.07. The van der Waals surface area contributed by atoms with Crippen molar-refractivity contribution < 1.29 is 4.79 Å². The van der Waals surface area contributed by atoms with Crippen molar-refractivity contribution in [3.8, 4) is 0 Å². The smallest absolute Gasteiger partial charge is 0.266 e. The van der Waals surface area contributed by atoms with E-state index in [2.05, 4.69) is 16.9 Å². The number of aromatic nitrogens is 2. The largest absolute Gasteiger partial charge is 0.396 e. The third kappa shape index (κ3) is 2.60. The first-order valence-electron chi connectivity index (χ1n) is 7.52. The van der Waals surface area contributed by atoms with Crippen LogP contribution in [-0.4, -0.2) is 33.4 Å². The summed E-state index contributed by atoms with van der Waals surface area (Å²) in [6.45, 7) is 3.00. The molecule has 0 aliphatic carbocycles. The van der Waals surface area contributed by atoms with Gasteiger partial charge in [0.25, 0.3) is 5.91 Å². The van der Waals surface area contributed by atoms with E-state index >= 15 is 0 Å². The van der Waals surface area contributed by atoms with Gasteiger partial charge in [-0.3, -0.25) is 4.79 Å². The highest BCUT2D eigenvalue weighted by molar-refractivity contribution is 7.21. The molecule has 2 aromatic rings. The van der Waals surface area contributed by atoms with E-state index in [-0.39, 0.29) is 5.91 Å². The van der Waals surface area contributed by atoms with Crippen molar-refractivity contribution in [3.05, 3.63) is 17.3 Å². The van der Waals surface area contributed by atoms with Crippen LogP contribution in [0.4, 0.5) is 5.69 Å². The Balaban J connectivity index is 1.93. The van der Waals surface area contributed by atoms with E-state index < -0.39 is 0 Å². The van der Waals surface area contributed by atoms with Gasteiger partial charge < -0.3 is 10.6 Å². The number of rotatable bonds is 3. The predicted octanol–water partition coefficient (Wildman–Crippen LogP) is 3.07. The Bertz CT molecular complexity index is 652. The number of carbonyl (C=O) groups excluding carboxylic acids is 1. The molecule has 1 aliphatic rings. The second-order valence-corrected chi connectivity index (χ2v) is 6.49. The summed E-state index contributed by atoms with van der Waals surface area (Å²) in [5.74, 6) is 0.0513. The standard InChI is InChI=1S/C15H20N4OS/c1-2-5-10-6-3-4-9-19(10)15(20)13-11(16)12-14(21-13)18-8-7-17-12/h7-8,10H,2-6,9,16H2,1H3. The van der Waals surface area contributed by atoms with Gasteiger partial charge in [0.2, 0.25) is 0 Å². The number of thiophene rings is 1. The van der Waals surface area contributed by atoms with Crippen LogP contribution >= 0.6 is 11.3 Å². The molecule has 3 rings (SSSR count). The van der Waals surface area contributed by atoms with Gasteiger partial charge in [0.05, 0.1) is 5.69 Å². The monoisotopic (exact) mass is 304 g/mol. The van der Waals surface area contributed by atoms with Gasteiger partial charge in [0.15, 0.2) is 0 Å². The van der Waals surface area contributed by atoms with Gasteiger partial charge in [0, 0.05) is 25.0 Å². The molecule has 21 heavy (non-hydrogen) atoms. The number of fused-ring (bicyclic) bond motifs is 1. The second-order valence-electron chi connectivity index (χ2n) is 5.49. The van der Waals surface area contributed by atoms with Gasteiger partial charge in [-0.15, -0.1) is 11.3 Å². The van der Waals surface area contributed by atoms with Gasteiger partial charge >= 0.3 is 0 Å². The zero-order chi connectivity index (χ0) is 14.8. The zero-order valence-electron chi connectivity index (χ0n) is 12.2. The molecule has 1 unspecified atom stereocenters. The lowest BCUT2D eigenvalue weighted by atomic mass is 9.98. The Morgan fingerprint density at radius 2 is 2.24 bits per heavy atom.